The van der Waals surface area contributed by atoms with Crippen molar-refractivity contribution in [2.45, 2.75) is 25.9 Å². The van der Waals surface area contributed by atoms with E-state index in [9.17, 15) is 4.79 Å². The molecule has 0 radical (unpaired) electrons. The molecule has 1 atom stereocenters. The molecule has 0 aromatic heterocycles. The molecule has 18 heavy (non-hydrogen) atoms. The van der Waals surface area contributed by atoms with E-state index in [0.717, 1.165) is 16.9 Å². The third-order valence-corrected chi connectivity index (χ3v) is 3.70. The molecule has 1 heterocycles. The molecule has 1 aliphatic heterocycles. The largest absolute Gasteiger partial charge is 0.371 e. The van der Waals surface area contributed by atoms with Crippen LogP contribution in [-0.2, 0) is 4.79 Å². The van der Waals surface area contributed by atoms with Crippen LogP contribution >= 0.6 is 11.6 Å². The topological polar surface area (TPSA) is 44.4 Å². The number of hydrogen-bond acceptors (Lipinski definition) is 3. The molecule has 0 spiro atoms. The molecule has 0 saturated carbocycles. The number of likely N-dealkylation sites (N-methyl/N-ethyl adjacent to an activating group) is 1. The molecule has 2 rings (SSSR count). The third-order valence-electron chi connectivity index (χ3n) is 3.39. The number of halogens is 1. The van der Waals surface area contributed by atoms with E-state index >= 15 is 0 Å². The number of hydrogen-bond donors (Lipinski definition) is 2. The van der Waals surface area contributed by atoms with E-state index in [1.165, 1.54) is 0 Å². The average Bonchev–Trinajstić information content (AvgIpc) is 2.61. The summed E-state index contributed by atoms with van der Waals surface area (Å²) in [5.41, 5.74) is 2.68. The van der Waals surface area contributed by atoms with E-state index in [4.69, 9.17) is 11.6 Å². The van der Waals surface area contributed by atoms with Gasteiger partial charge in [0.15, 0.2) is 0 Å². The average molecular weight is 268 g/mol. The van der Waals surface area contributed by atoms with Gasteiger partial charge in [-0.3, -0.25) is 4.79 Å². The van der Waals surface area contributed by atoms with Gasteiger partial charge in [0.1, 0.15) is 6.04 Å². The second-order valence-corrected chi connectivity index (χ2v) is 5.21. The Labute approximate surface area is 112 Å². The van der Waals surface area contributed by atoms with Crippen LogP contribution in [0.5, 0.6) is 0 Å². The fraction of sp³-hybridized carbons (Fsp3) is 0.462. The van der Waals surface area contributed by atoms with Crippen LogP contribution in [0.2, 0.25) is 5.02 Å². The maximum atomic E-state index is 11.8. The van der Waals surface area contributed by atoms with Crippen molar-refractivity contribution < 1.29 is 4.79 Å². The van der Waals surface area contributed by atoms with Crippen LogP contribution < -0.4 is 15.5 Å². The van der Waals surface area contributed by atoms with Gasteiger partial charge < -0.3 is 15.5 Å². The molecule has 0 bridgehead atoms. The number of carbonyl (C=O) groups is 1. The fourth-order valence-electron chi connectivity index (χ4n) is 2.11. The highest BCUT2D eigenvalue weighted by Gasteiger charge is 2.30. The van der Waals surface area contributed by atoms with Crippen molar-refractivity contribution in [3.8, 4) is 0 Å². The summed E-state index contributed by atoms with van der Waals surface area (Å²) in [6.45, 7) is 4.19. The zero-order chi connectivity index (χ0) is 13.4. The molecule has 0 saturated heterocycles. The van der Waals surface area contributed by atoms with E-state index < -0.39 is 0 Å². The normalized spacial score (nSPS) is 17.9. The lowest BCUT2D eigenvalue weighted by atomic mass is 10.1. The number of fused-ring (bicyclic) bond motifs is 1. The van der Waals surface area contributed by atoms with Gasteiger partial charge in [-0.2, -0.15) is 0 Å². The van der Waals surface area contributed by atoms with Crippen molar-refractivity contribution in [1.29, 1.82) is 0 Å². The summed E-state index contributed by atoms with van der Waals surface area (Å²) in [7, 11) is 3.76. The minimum absolute atomic E-state index is 0.0343. The first-order valence-electron chi connectivity index (χ1n) is 6.00. The quantitative estimate of drug-likeness (QED) is 0.884. The van der Waals surface area contributed by atoms with Crippen molar-refractivity contribution in [3.05, 3.63) is 22.7 Å². The minimum atomic E-state index is -0.309. The summed E-state index contributed by atoms with van der Waals surface area (Å²) in [4.78, 5) is 13.8. The smallest absolute Gasteiger partial charge is 0.246 e. The molecule has 1 aromatic rings. The Bertz CT molecular complexity index is 487. The van der Waals surface area contributed by atoms with E-state index in [-0.39, 0.29) is 11.9 Å². The van der Waals surface area contributed by atoms with E-state index in [1.54, 1.807) is 7.05 Å². The van der Waals surface area contributed by atoms with Gasteiger partial charge in [0.2, 0.25) is 5.91 Å². The minimum Gasteiger partial charge on any atom is -0.371 e. The first kappa shape index (κ1) is 13.2. The highest BCUT2D eigenvalue weighted by Crippen LogP contribution is 2.38. The Hall–Kier alpha value is -1.26. The van der Waals surface area contributed by atoms with E-state index in [2.05, 4.69) is 29.4 Å². The lowest BCUT2D eigenvalue weighted by Crippen LogP contribution is -2.26. The fourth-order valence-corrected chi connectivity index (χ4v) is 2.41. The predicted molar refractivity (Wildman–Crippen MR) is 75.4 cm³/mol. The van der Waals surface area contributed by atoms with Crippen LogP contribution in [0.1, 0.15) is 25.5 Å². The molecule has 0 fully saturated rings. The Morgan fingerprint density at radius 2 is 2.11 bits per heavy atom. The van der Waals surface area contributed by atoms with Gasteiger partial charge in [-0.05, 0) is 33.0 Å². The number of nitrogens with one attached hydrogen (secondary N) is 2. The van der Waals surface area contributed by atoms with Crippen LogP contribution in [0.4, 0.5) is 11.4 Å². The Kier molecular flexibility index (Phi) is 3.50. The third kappa shape index (κ3) is 2.06. The number of nitrogens with zero attached hydrogens (tertiary/aromatic N) is 1. The number of benzene rings is 1. The summed E-state index contributed by atoms with van der Waals surface area (Å²) in [6, 6.07) is 3.84. The van der Waals surface area contributed by atoms with Gasteiger partial charge in [0, 0.05) is 24.3 Å². The summed E-state index contributed by atoms with van der Waals surface area (Å²) in [5, 5.41) is 6.53. The van der Waals surface area contributed by atoms with Gasteiger partial charge >= 0.3 is 0 Å². The Balaban J connectivity index is 2.46. The van der Waals surface area contributed by atoms with Gasteiger partial charge in [0.25, 0.3) is 0 Å². The predicted octanol–water partition coefficient (Wildman–Crippen LogP) is 2.40. The molecule has 1 amide bonds. The molecule has 2 N–H and O–H groups in total. The first-order chi connectivity index (χ1) is 8.45. The molecule has 4 nitrogen and oxygen atoms in total. The molecule has 0 aliphatic carbocycles. The summed E-state index contributed by atoms with van der Waals surface area (Å²) in [5.74, 6) is -0.0343. The Morgan fingerprint density at radius 3 is 2.67 bits per heavy atom. The molecular formula is C13H18ClN3O. The summed E-state index contributed by atoms with van der Waals surface area (Å²) in [6.07, 6.45) is 0. The summed E-state index contributed by atoms with van der Waals surface area (Å²) < 4.78 is 0. The van der Waals surface area contributed by atoms with Crippen LogP contribution in [0.3, 0.4) is 0 Å². The van der Waals surface area contributed by atoms with Gasteiger partial charge in [0.05, 0.1) is 10.7 Å². The SMILES string of the molecule is CNC1C(=O)Nc2cc(N(C)C(C)C)c(Cl)cc21. The standard InChI is InChI=1S/C13H18ClN3O/c1-7(2)17(4)11-6-10-8(5-9(11)14)12(15-3)13(18)16-10/h5-7,12,15H,1-4H3,(H,16,18). The van der Waals surface area contributed by atoms with Crippen molar-refractivity contribution in [1.82, 2.24) is 5.32 Å². The van der Waals surface area contributed by atoms with Gasteiger partial charge in [-0.25, -0.2) is 0 Å². The summed E-state index contributed by atoms with van der Waals surface area (Å²) >= 11 is 6.31. The van der Waals surface area contributed by atoms with Crippen molar-refractivity contribution in [2.24, 2.45) is 0 Å². The highest BCUT2D eigenvalue weighted by atomic mass is 35.5. The zero-order valence-corrected chi connectivity index (χ0v) is 11.8. The monoisotopic (exact) mass is 267 g/mol. The molecular weight excluding hydrogens is 250 g/mol. The number of carbonyl (C=O) groups excluding carboxylic acids is 1. The lowest BCUT2D eigenvalue weighted by molar-refractivity contribution is -0.117. The number of amides is 1. The van der Waals surface area contributed by atoms with Gasteiger partial charge in [-0.15, -0.1) is 0 Å². The number of anilines is 2. The second-order valence-electron chi connectivity index (χ2n) is 4.81. The maximum Gasteiger partial charge on any atom is 0.246 e. The van der Waals surface area contributed by atoms with Crippen LogP contribution in [0, 0.1) is 0 Å². The maximum absolute atomic E-state index is 11.8. The molecule has 1 unspecified atom stereocenters. The second kappa shape index (κ2) is 4.78. The number of rotatable bonds is 3. The van der Waals surface area contributed by atoms with Crippen LogP contribution in [0.15, 0.2) is 12.1 Å². The lowest BCUT2D eigenvalue weighted by Gasteiger charge is -2.25. The molecule has 1 aromatic carbocycles. The van der Waals surface area contributed by atoms with Crippen molar-refractivity contribution in [3.63, 3.8) is 0 Å². The van der Waals surface area contributed by atoms with E-state index in [0.29, 0.717) is 11.1 Å². The molecule has 1 aliphatic rings. The zero-order valence-electron chi connectivity index (χ0n) is 11.0. The first-order valence-corrected chi connectivity index (χ1v) is 6.38. The highest BCUT2D eigenvalue weighted by molar-refractivity contribution is 6.33. The van der Waals surface area contributed by atoms with Gasteiger partial charge in [-0.1, -0.05) is 11.6 Å². The van der Waals surface area contributed by atoms with Crippen molar-refractivity contribution in [2.75, 3.05) is 24.3 Å². The van der Waals surface area contributed by atoms with E-state index in [1.807, 2.05) is 19.2 Å². The molecule has 5 heteroatoms. The Morgan fingerprint density at radius 1 is 1.44 bits per heavy atom. The van der Waals surface area contributed by atoms with Crippen LogP contribution in [-0.4, -0.2) is 26.0 Å². The van der Waals surface area contributed by atoms with Crippen LogP contribution in [0.25, 0.3) is 0 Å². The molecule has 98 valence electrons. The van der Waals surface area contributed by atoms with Crippen molar-refractivity contribution >= 4 is 28.9 Å².